The second-order valence-corrected chi connectivity index (χ2v) is 6.04. The van der Waals surface area contributed by atoms with Gasteiger partial charge in [0.15, 0.2) is 5.82 Å². The van der Waals surface area contributed by atoms with Gasteiger partial charge in [0.1, 0.15) is 5.60 Å². The largest absolute Gasteiger partial charge is 0.367 e. The summed E-state index contributed by atoms with van der Waals surface area (Å²) in [6.07, 6.45) is 4.99. The highest BCUT2D eigenvalue weighted by atomic mass is 16.5. The predicted octanol–water partition coefficient (Wildman–Crippen LogP) is 2.90. The Balaban J connectivity index is 2.41. The van der Waals surface area contributed by atoms with Crippen LogP contribution in [-0.4, -0.2) is 23.1 Å². The summed E-state index contributed by atoms with van der Waals surface area (Å²) in [5, 5.41) is 0. The van der Waals surface area contributed by atoms with Crippen molar-refractivity contribution in [2.75, 3.05) is 13.2 Å². The molecular weight excluding hydrogens is 262 g/mol. The molecule has 1 aromatic rings. The summed E-state index contributed by atoms with van der Waals surface area (Å²) in [6, 6.07) is 0. The average molecular weight is 291 g/mol. The van der Waals surface area contributed by atoms with Gasteiger partial charge >= 0.3 is 0 Å². The lowest BCUT2D eigenvalue weighted by Gasteiger charge is -2.32. The van der Waals surface area contributed by atoms with Gasteiger partial charge in [-0.2, -0.15) is 0 Å². The maximum atomic E-state index is 6.06. The molecule has 0 bridgehead atoms. The molecule has 2 N–H and O–H groups in total. The van der Waals surface area contributed by atoms with Crippen molar-refractivity contribution in [2.45, 2.75) is 65.4 Å². The molecule has 0 saturated carbocycles. The van der Waals surface area contributed by atoms with Crippen molar-refractivity contribution >= 4 is 0 Å². The highest BCUT2D eigenvalue weighted by Gasteiger charge is 2.34. The van der Waals surface area contributed by atoms with E-state index in [0.717, 1.165) is 50.2 Å². The molecule has 0 amide bonds. The Kier molecular flexibility index (Phi) is 5.33. The molecule has 2 rings (SSSR count). The maximum Gasteiger partial charge on any atom is 0.160 e. The van der Waals surface area contributed by atoms with Crippen molar-refractivity contribution in [1.29, 1.82) is 0 Å². The lowest BCUT2D eigenvalue weighted by atomic mass is 9.85. The van der Waals surface area contributed by atoms with Gasteiger partial charge in [0.2, 0.25) is 0 Å². The molecule has 1 heterocycles. The molecule has 4 nitrogen and oxygen atoms in total. The first-order chi connectivity index (χ1) is 10.1. The SMILES string of the molecule is CCOC(CC)(CC)c1nc(C)c2c(n1)CCC(CN)C2. The third kappa shape index (κ3) is 3.11. The molecule has 1 aliphatic rings. The number of aryl methyl sites for hydroxylation is 2. The molecule has 1 atom stereocenters. The van der Waals surface area contributed by atoms with Crippen LogP contribution in [0.25, 0.3) is 0 Å². The van der Waals surface area contributed by atoms with Gasteiger partial charge in [-0.15, -0.1) is 0 Å². The maximum absolute atomic E-state index is 6.06. The Bertz CT molecular complexity index is 483. The zero-order chi connectivity index (χ0) is 15.5. The van der Waals surface area contributed by atoms with Crippen LogP contribution in [-0.2, 0) is 23.2 Å². The van der Waals surface area contributed by atoms with Crippen molar-refractivity contribution in [3.8, 4) is 0 Å². The van der Waals surface area contributed by atoms with E-state index in [9.17, 15) is 0 Å². The molecule has 0 saturated heterocycles. The van der Waals surface area contributed by atoms with E-state index in [4.69, 9.17) is 20.4 Å². The smallest absolute Gasteiger partial charge is 0.160 e. The van der Waals surface area contributed by atoms with E-state index in [1.807, 2.05) is 6.92 Å². The number of ether oxygens (including phenoxy) is 1. The first-order valence-corrected chi connectivity index (χ1v) is 8.31. The molecule has 118 valence electrons. The monoisotopic (exact) mass is 291 g/mol. The topological polar surface area (TPSA) is 61.0 Å². The summed E-state index contributed by atoms with van der Waals surface area (Å²) in [5.41, 5.74) is 9.14. The van der Waals surface area contributed by atoms with Crippen molar-refractivity contribution in [2.24, 2.45) is 11.7 Å². The van der Waals surface area contributed by atoms with Crippen LogP contribution in [0.4, 0.5) is 0 Å². The van der Waals surface area contributed by atoms with Crippen LogP contribution in [0, 0.1) is 12.8 Å². The van der Waals surface area contributed by atoms with Crippen molar-refractivity contribution in [3.63, 3.8) is 0 Å². The summed E-state index contributed by atoms with van der Waals surface area (Å²) in [5.74, 6) is 1.46. The van der Waals surface area contributed by atoms with Gasteiger partial charge in [-0.25, -0.2) is 9.97 Å². The lowest BCUT2D eigenvalue weighted by Crippen LogP contribution is -2.33. The Labute approximate surface area is 128 Å². The molecule has 0 radical (unpaired) electrons. The number of rotatable bonds is 6. The number of hydrogen-bond acceptors (Lipinski definition) is 4. The fourth-order valence-corrected chi connectivity index (χ4v) is 3.38. The fraction of sp³-hybridized carbons (Fsp3) is 0.765. The molecule has 0 aromatic carbocycles. The summed E-state index contributed by atoms with van der Waals surface area (Å²) in [4.78, 5) is 9.71. The van der Waals surface area contributed by atoms with Gasteiger partial charge < -0.3 is 10.5 Å². The third-order valence-corrected chi connectivity index (χ3v) is 4.89. The second kappa shape index (κ2) is 6.84. The van der Waals surface area contributed by atoms with Crippen LogP contribution in [0.1, 0.15) is 62.8 Å². The van der Waals surface area contributed by atoms with Crippen LogP contribution in [0.2, 0.25) is 0 Å². The Hall–Kier alpha value is -1.00. The normalized spacial score (nSPS) is 18.6. The third-order valence-electron chi connectivity index (χ3n) is 4.89. The molecule has 1 aromatic heterocycles. The van der Waals surface area contributed by atoms with Crippen LogP contribution in [0.15, 0.2) is 0 Å². The standard InChI is InChI=1S/C17H29N3O/c1-5-17(6-2,21-7-3)16-19-12(4)14-10-13(11-18)8-9-15(14)20-16/h13H,5-11,18H2,1-4H3. The van der Waals surface area contributed by atoms with E-state index in [1.54, 1.807) is 0 Å². The van der Waals surface area contributed by atoms with Gasteiger partial charge in [0.25, 0.3) is 0 Å². The molecule has 21 heavy (non-hydrogen) atoms. The van der Waals surface area contributed by atoms with E-state index in [0.29, 0.717) is 12.5 Å². The molecule has 4 heteroatoms. The first-order valence-electron chi connectivity index (χ1n) is 8.31. The van der Waals surface area contributed by atoms with Gasteiger partial charge in [0.05, 0.1) is 0 Å². The minimum atomic E-state index is -0.334. The average Bonchev–Trinajstić information content (AvgIpc) is 2.52. The summed E-state index contributed by atoms with van der Waals surface area (Å²) >= 11 is 0. The molecular formula is C17H29N3O. The predicted molar refractivity (Wildman–Crippen MR) is 85.2 cm³/mol. The minimum Gasteiger partial charge on any atom is -0.367 e. The summed E-state index contributed by atoms with van der Waals surface area (Å²) in [6.45, 7) is 9.90. The van der Waals surface area contributed by atoms with Crippen molar-refractivity contribution in [1.82, 2.24) is 9.97 Å². The van der Waals surface area contributed by atoms with Gasteiger partial charge in [-0.1, -0.05) is 13.8 Å². The Morgan fingerprint density at radius 1 is 1.24 bits per heavy atom. The Morgan fingerprint density at radius 2 is 1.95 bits per heavy atom. The summed E-state index contributed by atoms with van der Waals surface area (Å²) in [7, 11) is 0. The number of aromatic nitrogens is 2. The van der Waals surface area contributed by atoms with Crippen LogP contribution in [0.3, 0.4) is 0 Å². The minimum absolute atomic E-state index is 0.334. The number of fused-ring (bicyclic) bond motifs is 1. The molecule has 1 aliphatic carbocycles. The molecule has 0 fully saturated rings. The molecule has 1 unspecified atom stereocenters. The van der Waals surface area contributed by atoms with Crippen molar-refractivity contribution in [3.05, 3.63) is 22.8 Å². The number of nitrogens with two attached hydrogens (primary N) is 1. The van der Waals surface area contributed by atoms with E-state index in [1.165, 1.54) is 11.3 Å². The highest BCUT2D eigenvalue weighted by molar-refractivity contribution is 5.29. The van der Waals surface area contributed by atoms with Gasteiger partial charge in [-0.05, 0) is 64.0 Å². The number of hydrogen-bond donors (Lipinski definition) is 1. The Morgan fingerprint density at radius 3 is 2.52 bits per heavy atom. The first kappa shape index (κ1) is 16.4. The highest BCUT2D eigenvalue weighted by Crippen LogP contribution is 2.33. The van der Waals surface area contributed by atoms with E-state index in [2.05, 4.69) is 20.8 Å². The van der Waals surface area contributed by atoms with Gasteiger partial charge in [-0.3, -0.25) is 0 Å². The van der Waals surface area contributed by atoms with Crippen LogP contribution in [0.5, 0.6) is 0 Å². The summed E-state index contributed by atoms with van der Waals surface area (Å²) < 4.78 is 6.06. The molecule has 0 aliphatic heterocycles. The second-order valence-electron chi connectivity index (χ2n) is 6.04. The van der Waals surface area contributed by atoms with Gasteiger partial charge in [0, 0.05) is 18.0 Å². The fourth-order valence-electron chi connectivity index (χ4n) is 3.38. The van der Waals surface area contributed by atoms with E-state index < -0.39 is 0 Å². The van der Waals surface area contributed by atoms with Crippen molar-refractivity contribution < 1.29 is 4.74 Å². The number of nitrogens with zero attached hydrogens (tertiary/aromatic N) is 2. The van der Waals surface area contributed by atoms with Crippen LogP contribution < -0.4 is 5.73 Å². The zero-order valence-electron chi connectivity index (χ0n) is 13.9. The van der Waals surface area contributed by atoms with Crippen LogP contribution >= 0.6 is 0 Å². The van der Waals surface area contributed by atoms with E-state index in [-0.39, 0.29) is 5.60 Å². The zero-order valence-corrected chi connectivity index (χ0v) is 13.9. The molecule has 0 spiro atoms. The lowest BCUT2D eigenvalue weighted by molar-refractivity contribution is -0.0574. The van der Waals surface area contributed by atoms with E-state index >= 15 is 0 Å². The quantitative estimate of drug-likeness (QED) is 0.875.